The van der Waals surface area contributed by atoms with Crippen molar-refractivity contribution in [3.05, 3.63) is 4.91 Å². The average Bonchev–Trinajstić information content (AvgIpc) is 1.62. The molecule has 0 spiro atoms. The van der Waals surface area contributed by atoms with Gasteiger partial charge >= 0.3 is 0 Å². The molecule has 0 unspecified atom stereocenters. The summed E-state index contributed by atoms with van der Waals surface area (Å²) >= 11 is 0. The second-order valence-electron chi connectivity index (χ2n) is 1.78. The third-order valence-corrected chi connectivity index (χ3v) is 1.22. The zero-order valence-corrected chi connectivity index (χ0v) is 4.26. The molecule has 1 amide bonds. The Morgan fingerprint density at radius 1 is 1.62 bits per heavy atom. The molecule has 1 fully saturated rings. The van der Waals surface area contributed by atoms with Crippen LogP contribution in [0, 0.1) is 10.8 Å². The van der Waals surface area contributed by atoms with E-state index in [-0.39, 0.29) is 5.92 Å². The van der Waals surface area contributed by atoms with E-state index in [1.807, 2.05) is 0 Å². The molecule has 0 saturated carbocycles. The maximum atomic E-state index is 10.3. The molecule has 44 valence electrons. The Kier molecular flexibility index (Phi) is 1.34. The number of nitrogens with one attached hydrogen (secondary N) is 1. The summed E-state index contributed by atoms with van der Waals surface area (Å²) in [5.41, 5.74) is 0. The van der Waals surface area contributed by atoms with Gasteiger partial charge in [-0.2, -0.15) is 0 Å². The van der Waals surface area contributed by atoms with Gasteiger partial charge in [-0.15, -0.1) is 4.91 Å². The van der Waals surface area contributed by atoms with Gasteiger partial charge in [0.05, 0.1) is 5.92 Å². The van der Waals surface area contributed by atoms with Gasteiger partial charge in [0.15, 0.2) is 0 Å². The highest BCUT2D eigenvalue weighted by atomic mass is 16.3. The van der Waals surface area contributed by atoms with E-state index < -0.39 is 5.91 Å². The number of nitrogens with zero attached hydrogens (tertiary/aromatic N) is 1. The molecule has 1 aliphatic rings. The minimum Gasteiger partial charge on any atom is -0.315 e. The van der Waals surface area contributed by atoms with Crippen molar-refractivity contribution in [1.29, 1.82) is 0 Å². The van der Waals surface area contributed by atoms with Crippen molar-refractivity contribution in [2.75, 3.05) is 13.1 Å². The molecule has 0 aromatic carbocycles. The number of hydrogen-bond acceptors (Lipinski definition) is 3. The van der Waals surface area contributed by atoms with Crippen LogP contribution in [0.3, 0.4) is 0 Å². The number of hydrogen-bond donors (Lipinski definition) is 1. The third kappa shape index (κ3) is 0.742. The first-order valence-corrected chi connectivity index (χ1v) is 2.42. The summed E-state index contributed by atoms with van der Waals surface area (Å²) in [6.45, 7) is 1.23. The van der Waals surface area contributed by atoms with Crippen LogP contribution in [0.2, 0.25) is 0 Å². The van der Waals surface area contributed by atoms with Gasteiger partial charge in [0, 0.05) is 18.3 Å². The zero-order valence-electron chi connectivity index (χ0n) is 4.26. The summed E-state index contributed by atoms with van der Waals surface area (Å²) in [6.07, 6.45) is 0. The Hall–Kier alpha value is -0.770. The quantitative estimate of drug-likeness (QED) is 0.467. The van der Waals surface area contributed by atoms with E-state index in [2.05, 4.69) is 10.5 Å². The van der Waals surface area contributed by atoms with Crippen LogP contribution < -0.4 is 5.32 Å². The number of rotatable bonds is 1. The molecule has 0 aromatic heterocycles. The smallest absolute Gasteiger partial charge is 0.291 e. The Labute approximate surface area is 46.2 Å². The maximum absolute atomic E-state index is 10.3. The Balaban J connectivity index is 2.34. The fourth-order valence-corrected chi connectivity index (χ4v) is 0.538. The molecular weight excluding hydrogens is 108 g/mol. The van der Waals surface area contributed by atoms with E-state index in [0.717, 1.165) is 0 Å². The highest BCUT2D eigenvalue weighted by Gasteiger charge is 2.25. The van der Waals surface area contributed by atoms with Crippen molar-refractivity contribution in [2.45, 2.75) is 0 Å². The average molecular weight is 114 g/mol. The van der Waals surface area contributed by atoms with Crippen molar-refractivity contribution in [3.63, 3.8) is 0 Å². The van der Waals surface area contributed by atoms with Gasteiger partial charge in [-0.3, -0.25) is 4.79 Å². The molecule has 1 rings (SSSR count). The van der Waals surface area contributed by atoms with E-state index in [1.165, 1.54) is 0 Å². The number of nitroso groups, excluding NO2 is 1. The normalized spacial score (nSPS) is 19.5. The maximum Gasteiger partial charge on any atom is 0.291 e. The van der Waals surface area contributed by atoms with Crippen molar-refractivity contribution < 1.29 is 4.79 Å². The van der Waals surface area contributed by atoms with Gasteiger partial charge in [-0.05, 0) is 0 Å². The summed E-state index contributed by atoms with van der Waals surface area (Å²) in [7, 11) is 0. The molecule has 0 aromatic rings. The highest BCUT2D eigenvalue weighted by Crippen LogP contribution is 2.03. The molecule has 1 saturated heterocycles. The first kappa shape index (κ1) is 5.37. The molecule has 0 atom stereocenters. The zero-order chi connectivity index (χ0) is 5.98. The van der Waals surface area contributed by atoms with Gasteiger partial charge in [0.25, 0.3) is 5.91 Å². The van der Waals surface area contributed by atoms with Gasteiger partial charge < -0.3 is 5.32 Å². The second kappa shape index (κ2) is 2.00. The van der Waals surface area contributed by atoms with Gasteiger partial charge in [-0.25, -0.2) is 0 Å². The number of amides is 1. The summed E-state index contributed by atoms with van der Waals surface area (Å²) in [4.78, 5) is 19.8. The van der Waals surface area contributed by atoms with E-state index >= 15 is 0 Å². The van der Waals surface area contributed by atoms with Crippen molar-refractivity contribution in [2.24, 2.45) is 11.1 Å². The van der Waals surface area contributed by atoms with Crippen molar-refractivity contribution >= 4 is 5.91 Å². The van der Waals surface area contributed by atoms with Crippen LogP contribution in [0.25, 0.3) is 0 Å². The molecule has 0 radical (unpaired) electrons. The minimum absolute atomic E-state index is 0.132. The van der Waals surface area contributed by atoms with Crippen LogP contribution in [-0.2, 0) is 4.79 Å². The summed E-state index contributed by atoms with van der Waals surface area (Å²) in [5.74, 6) is -0.656. The van der Waals surface area contributed by atoms with Gasteiger partial charge in [0.2, 0.25) is 0 Å². The third-order valence-electron chi connectivity index (χ3n) is 1.22. The molecule has 1 aliphatic heterocycles. The van der Waals surface area contributed by atoms with Crippen LogP contribution in [-0.4, -0.2) is 19.0 Å². The molecule has 4 nitrogen and oxygen atoms in total. The van der Waals surface area contributed by atoms with Crippen LogP contribution >= 0.6 is 0 Å². The highest BCUT2D eigenvalue weighted by molar-refractivity contribution is 5.80. The Morgan fingerprint density at radius 2 is 2.25 bits per heavy atom. The SMILES string of the molecule is O=NC(=O)C1CNC1. The second-order valence-corrected chi connectivity index (χ2v) is 1.78. The van der Waals surface area contributed by atoms with Crippen LogP contribution in [0.5, 0.6) is 0 Å². The van der Waals surface area contributed by atoms with Crippen LogP contribution in [0.1, 0.15) is 0 Å². The van der Waals surface area contributed by atoms with E-state index in [4.69, 9.17) is 0 Å². The lowest BCUT2D eigenvalue weighted by Crippen LogP contribution is -2.45. The molecule has 0 bridgehead atoms. The molecule has 1 N–H and O–H groups in total. The largest absolute Gasteiger partial charge is 0.315 e. The molecule has 0 aliphatic carbocycles. The lowest BCUT2D eigenvalue weighted by atomic mass is 10.0. The molecular formula is C4H6N2O2. The monoisotopic (exact) mass is 114 g/mol. The predicted molar refractivity (Wildman–Crippen MR) is 27.2 cm³/mol. The Morgan fingerprint density at radius 3 is 2.38 bits per heavy atom. The predicted octanol–water partition coefficient (Wildman–Crippen LogP) is -0.501. The summed E-state index contributed by atoms with van der Waals surface area (Å²) < 4.78 is 0. The summed E-state index contributed by atoms with van der Waals surface area (Å²) in [6, 6.07) is 0. The molecule has 4 heteroatoms. The van der Waals surface area contributed by atoms with E-state index in [1.54, 1.807) is 0 Å². The number of carbonyl (C=O) groups is 1. The number of carbonyl (C=O) groups excluding carboxylic acids is 1. The fraction of sp³-hybridized carbons (Fsp3) is 0.750. The standard InChI is InChI=1S/C4H6N2O2/c7-4(6-8)3-1-5-2-3/h3,5H,1-2H2. The molecule has 1 heterocycles. The van der Waals surface area contributed by atoms with Crippen LogP contribution in [0.15, 0.2) is 5.18 Å². The first-order valence-electron chi connectivity index (χ1n) is 2.42. The topological polar surface area (TPSA) is 58.5 Å². The molecule has 8 heavy (non-hydrogen) atoms. The van der Waals surface area contributed by atoms with E-state index in [0.29, 0.717) is 13.1 Å². The van der Waals surface area contributed by atoms with Crippen molar-refractivity contribution in [1.82, 2.24) is 5.32 Å². The lowest BCUT2D eigenvalue weighted by molar-refractivity contribution is -0.123. The first-order chi connectivity index (χ1) is 3.84. The fourth-order valence-electron chi connectivity index (χ4n) is 0.538. The lowest BCUT2D eigenvalue weighted by Gasteiger charge is -2.21. The minimum atomic E-state index is -0.524. The summed E-state index contributed by atoms with van der Waals surface area (Å²) in [5, 5.41) is 5.14. The van der Waals surface area contributed by atoms with Crippen LogP contribution in [0.4, 0.5) is 0 Å². The Bertz CT molecular complexity index is 119. The van der Waals surface area contributed by atoms with Gasteiger partial charge in [0.1, 0.15) is 0 Å². The van der Waals surface area contributed by atoms with Gasteiger partial charge in [-0.1, -0.05) is 0 Å². The van der Waals surface area contributed by atoms with Crippen molar-refractivity contribution in [3.8, 4) is 0 Å². The van der Waals surface area contributed by atoms with E-state index in [9.17, 15) is 9.70 Å².